The standard InChI is InChI=1S/C18H16N4O2/c1-13-18(14(2)21(20-13)16-9-4-3-5-10-16)19-12-15-8-6-7-11-17(15)22(23)24/h3-12H,1-2H3. The van der Waals surface area contributed by atoms with Gasteiger partial charge in [0.05, 0.1) is 27.6 Å². The van der Waals surface area contributed by atoms with E-state index in [2.05, 4.69) is 10.1 Å². The van der Waals surface area contributed by atoms with Gasteiger partial charge in [-0.15, -0.1) is 0 Å². The first kappa shape index (κ1) is 15.6. The van der Waals surface area contributed by atoms with Gasteiger partial charge in [0.1, 0.15) is 5.69 Å². The summed E-state index contributed by atoms with van der Waals surface area (Å²) in [5, 5.41) is 15.6. The fraction of sp³-hybridized carbons (Fsp3) is 0.111. The third-order valence-electron chi connectivity index (χ3n) is 3.72. The molecule has 3 aromatic rings. The summed E-state index contributed by atoms with van der Waals surface area (Å²) < 4.78 is 1.82. The molecule has 0 atom stereocenters. The van der Waals surface area contributed by atoms with Crippen LogP contribution in [0.1, 0.15) is 17.0 Å². The van der Waals surface area contributed by atoms with Gasteiger partial charge in [-0.1, -0.05) is 30.3 Å². The number of hydrogen-bond acceptors (Lipinski definition) is 4. The second-order valence-electron chi connectivity index (χ2n) is 5.34. The van der Waals surface area contributed by atoms with Crippen molar-refractivity contribution in [3.63, 3.8) is 0 Å². The lowest BCUT2D eigenvalue weighted by molar-refractivity contribution is -0.385. The van der Waals surface area contributed by atoms with Crippen LogP contribution in [0.4, 0.5) is 11.4 Å². The first-order valence-electron chi connectivity index (χ1n) is 7.47. The van der Waals surface area contributed by atoms with Crippen molar-refractivity contribution in [2.45, 2.75) is 13.8 Å². The van der Waals surface area contributed by atoms with Gasteiger partial charge in [0.25, 0.3) is 5.69 Å². The quantitative estimate of drug-likeness (QED) is 0.412. The van der Waals surface area contributed by atoms with Gasteiger partial charge in [-0.25, -0.2) is 4.68 Å². The molecule has 0 N–H and O–H groups in total. The second-order valence-corrected chi connectivity index (χ2v) is 5.34. The average molecular weight is 320 g/mol. The van der Waals surface area contributed by atoms with Crippen molar-refractivity contribution < 1.29 is 4.92 Å². The minimum Gasteiger partial charge on any atom is -0.258 e. The molecule has 0 spiro atoms. The molecule has 0 aliphatic carbocycles. The van der Waals surface area contributed by atoms with E-state index < -0.39 is 4.92 Å². The molecule has 2 aromatic carbocycles. The maximum Gasteiger partial charge on any atom is 0.278 e. The van der Waals surface area contributed by atoms with Crippen molar-refractivity contribution in [1.82, 2.24) is 9.78 Å². The summed E-state index contributed by atoms with van der Waals surface area (Å²) >= 11 is 0. The zero-order valence-electron chi connectivity index (χ0n) is 13.4. The van der Waals surface area contributed by atoms with Crippen LogP contribution in [0.25, 0.3) is 5.69 Å². The van der Waals surface area contributed by atoms with Crippen molar-refractivity contribution in [1.29, 1.82) is 0 Å². The van der Waals surface area contributed by atoms with Crippen LogP contribution in [0, 0.1) is 24.0 Å². The number of aromatic nitrogens is 2. The van der Waals surface area contributed by atoms with Gasteiger partial charge in [-0.2, -0.15) is 5.10 Å². The van der Waals surface area contributed by atoms with E-state index in [0.29, 0.717) is 5.56 Å². The van der Waals surface area contributed by atoms with Crippen molar-refractivity contribution in [2.75, 3.05) is 0 Å². The number of benzene rings is 2. The second kappa shape index (κ2) is 6.45. The summed E-state index contributed by atoms with van der Waals surface area (Å²) in [5.41, 5.74) is 3.82. The normalized spacial score (nSPS) is 11.1. The molecule has 0 fully saturated rings. The van der Waals surface area contributed by atoms with Crippen LogP contribution in [0.2, 0.25) is 0 Å². The number of nitro benzene ring substituents is 1. The molecule has 0 bridgehead atoms. The molecule has 0 aliphatic rings. The predicted molar refractivity (Wildman–Crippen MR) is 93.4 cm³/mol. The average Bonchev–Trinajstić information content (AvgIpc) is 2.88. The number of para-hydroxylation sites is 2. The minimum atomic E-state index is -0.408. The van der Waals surface area contributed by atoms with E-state index in [-0.39, 0.29) is 5.69 Å². The van der Waals surface area contributed by atoms with Gasteiger partial charge in [0.15, 0.2) is 0 Å². The van der Waals surface area contributed by atoms with E-state index >= 15 is 0 Å². The van der Waals surface area contributed by atoms with Gasteiger partial charge < -0.3 is 0 Å². The lowest BCUT2D eigenvalue weighted by atomic mass is 10.2. The molecule has 0 saturated heterocycles. The molecule has 0 unspecified atom stereocenters. The molecule has 0 saturated carbocycles. The first-order valence-corrected chi connectivity index (χ1v) is 7.47. The summed E-state index contributed by atoms with van der Waals surface area (Å²) in [6.07, 6.45) is 1.52. The topological polar surface area (TPSA) is 73.3 Å². The number of nitrogens with zero attached hydrogens (tertiary/aromatic N) is 4. The highest BCUT2D eigenvalue weighted by Gasteiger charge is 2.13. The van der Waals surface area contributed by atoms with E-state index in [4.69, 9.17) is 0 Å². The summed E-state index contributed by atoms with van der Waals surface area (Å²) in [5.74, 6) is 0. The zero-order chi connectivity index (χ0) is 17.1. The summed E-state index contributed by atoms with van der Waals surface area (Å²) in [4.78, 5) is 15.1. The fourth-order valence-electron chi connectivity index (χ4n) is 2.54. The Hall–Kier alpha value is -3.28. The monoisotopic (exact) mass is 320 g/mol. The SMILES string of the molecule is Cc1nn(-c2ccccc2)c(C)c1N=Cc1ccccc1[N+](=O)[O-]. The highest BCUT2D eigenvalue weighted by molar-refractivity contribution is 5.87. The molecular formula is C18H16N4O2. The molecule has 1 heterocycles. The molecule has 0 aliphatic heterocycles. The van der Waals surface area contributed by atoms with Gasteiger partial charge >= 0.3 is 0 Å². The van der Waals surface area contributed by atoms with E-state index in [0.717, 1.165) is 22.8 Å². The molecule has 6 nitrogen and oxygen atoms in total. The molecule has 0 radical (unpaired) electrons. The van der Waals surface area contributed by atoms with E-state index in [1.54, 1.807) is 18.2 Å². The highest BCUT2D eigenvalue weighted by Crippen LogP contribution is 2.26. The van der Waals surface area contributed by atoms with Gasteiger partial charge in [-0.3, -0.25) is 15.1 Å². The van der Waals surface area contributed by atoms with Gasteiger partial charge in [-0.05, 0) is 32.0 Å². The number of rotatable bonds is 4. The van der Waals surface area contributed by atoms with E-state index in [9.17, 15) is 10.1 Å². The fourth-order valence-corrected chi connectivity index (χ4v) is 2.54. The lowest BCUT2D eigenvalue weighted by Gasteiger charge is -2.03. The van der Waals surface area contributed by atoms with Crippen molar-refractivity contribution in [3.05, 3.63) is 81.7 Å². The Labute approximate surface area is 139 Å². The molecule has 3 rings (SSSR count). The number of aryl methyl sites for hydroxylation is 1. The van der Waals surface area contributed by atoms with Crippen molar-refractivity contribution in [3.8, 4) is 5.69 Å². The van der Waals surface area contributed by atoms with E-state index in [1.807, 2.05) is 48.9 Å². The van der Waals surface area contributed by atoms with Gasteiger partial charge in [0, 0.05) is 12.3 Å². The van der Waals surface area contributed by atoms with Crippen LogP contribution in [0.15, 0.2) is 59.6 Å². The summed E-state index contributed by atoms with van der Waals surface area (Å²) in [7, 11) is 0. The molecule has 24 heavy (non-hydrogen) atoms. The summed E-state index contributed by atoms with van der Waals surface area (Å²) in [6.45, 7) is 3.80. The first-order chi connectivity index (χ1) is 11.6. The Balaban J connectivity index is 2.00. The number of aliphatic imine (C=N–C) groups is 1. The smallest absolute Gasteiger partial charge is 0.258 e. The molecule has 6 heteroatoms. The predicted octanol–water partition coefficient (Wildman–Crippen LogP) is 4.15. The van der Waals surface area contributed by atoms with Crippen LogP contribution < -0.4 is 0 Å². The Morgan fingerprint density at radius 1 is 1.08 bits per heavy atom. The summed E-state index contributed by atoms with van der Waals surface area (Å²) in [6, 6.07) is 16.3. The molecule has 120 valence electrons. The van der Waals surface area contributed by atoms with Gasteiger partial charge in [0.2, 0.25) is 0 Å². The van der Waals surface area contributed by atoms with Crippen molar-refractivity contribution >= 4 is 17.6 Å². The van der Waals surface area contributed by atoms with Crippen molar-refractivity contribution in [2.24, 2.45) is 4.99 Å². The molecule has 1 aromatic heterocycles. The Kier molecular flexibility index (Phi) is 4.20. The largest absolute Gasteiger partial charge is 0.278 e. The number of hydrogen-bond donors (Lipinski definition) is 0. The maximum atomic E-state index is 11.1. The van der Waals surface area contributed by atoms with Crippen LogP contribution in [-0.2, 0) is 0 Å². The molecule has 0 amide bonds. The third kappa shape index (κ3) is 2.94. The third-order valence-corrected chi connectivity index (χ3v) is 3.72. The minimum absolute atomic E-state index is 0.0343. The lowest BCUT2D eigenvalue weighted by Crippen LogP contribution is -1.98. The Morgan fingerprint density at radius 3 is 2.46 bits per heavy atom. The van der Waals surface area contributed by atoms with Crippen LogP contribution in [0.5, 0.6) is 0 Å². The van der Waals surface area contributed by atoms with Crippen LogP contribution >= 0.6 is 0 Å². The Bertz CT molecular complexity index is 914. The maximum absolute atomic E-state index is 11.1. The van der Waals surface area contributed by atoms with Crippen LogP contribution in [0.3, 0.4) is 0 Å². The highest BCUT2D eigenvalue weighted by atomic mass is 16.6. The number of nitro groups is 1. The van der Waals surface area contributed by atoms with Crippen LogP contribution in [-0.4, -0.2) is 20.9 Å². The Morgan fingerprint density at radius 2 is 1.75 bits per heavy atom. The zero-order valence-corrected chi connectivity index (χ0v) is 13.4. The van der Waals surface area contributed by atoms with E-state index in [1.165, 1.54) is 12.3 Å². The molecular weight excluding hydrogens is 304 g/mol.